The lowest BCUT2D eigenvalue weighted by atomic mass is 9.79. The molecular formula is C23H22N2O5. The van der Waals surface area contributed by atoms with Crippen molar-refractivity contribution in [3.63, 3.8) is 0 Å². The SMILES string of the molecule is COc1cccc(NC(=O)c2ccc(NC(=O)[C@H]3[C@@H]4C[C@@H]5[C@@H]3C(=O)O[C@@H]5C4)cc2)c1. The number of carbonyl (C=O) groups excluding carboxylic acids is 3. The summed E-state index contributed by atoms with van der Waals surface area (Å²) in [7, 11) is 1.57. The van der Waals surface area contributed by atoms with E-state index in [0.717, 1.165) is 12.8 Å². The van der Waals surface area contributed by atoms with E-state index < -0.39 is 0 Å². The number of benzene rings is 2. The van der Waals surface area contributed by atoms with E-state index in [1.807, 2.05) is 0 Å². The lowest BCUT2D eigenvalue weighted by Crippen LogP contribution is -2.35. The van der Waals surface area contributed by atoms with Crippen LogP contribution in [0.15, 0.2) is 48.5 Å². The Morgan fingerprint density at radius 2 is 1.83 bits per heavy atom. The first-order valence-electron chi connectivity index (χ1n) is 10.1. The topological polar surface area (TPSA) is 93.7 Å². The molecule has 2 aromatic carbocycles. The molecule has 0 unspecified atom stereocenters. The minimum absolute atomic E-state index is 0.0129. The number of carbonyl (C=O) groups is 3. The zero-order valence-corrected chi connectivity index (χ0v) is 16.5. The summed E-state index contributed by atoms with van der Waals surface area (Å²) in [5, 5.41) is 5.73. The third-order valence-corrected chi connectivity index (χ3v) is 6.53. The van der Waals surface area contributed by atoms with Crippen molar-refractivity contribution in [2.24, 2.45) is 23.7 Å². The normalized spacial score (nSPS) is 28.2. The van der Waals surface area contributed by atoms with Gasteiger partial charge in [-0.3, -0.25) is 14.4 Å². The Bertz CT molecular complexity index is 1020. The van der Waals surface area contributed by atoms with E-state index >= 15 is 0 Å². The molecule has 2 saturated carbocycles. The maximum absolute atomic E-state index is 12.8. The van der Waals surface area contributed by atoms with Crippen LogP contribution in [0.3, 0.4) is 0 Å². The fourth-order valence-electron chi connectivity index (χ4n) is 5.20. The molecule has 2 N–H and O–H groups in total. The van der Waals surface area contributed by atoms with Crippen LogP contribution in [0.2, 0.25) is 0 Å². The molecule has 1 saturated heterocycles. The zero-order valence-electron chi connectivity index (χ0n) is 16.5. The fraction of sp³-hybridized carbons (Fsp3) is 0.348. The highest BCUT2D eigenvalue weighted by atomic mass is 16.6. The zero-order chi connectivity index (χ0) is 20.8. The van der Waals surface area contributed by atoms with E-state index in [0.29, 0.717) is 22.7 Å². The summed E-state index contributed by atoms with van der Waals surface area (Å²) in [4.78, 5) is 37.4. The molecule has 2 bridgehead atoms. The Kier molecular flexibility index (Phi) is 4.46. The first-order valence-corrected chi connectivity index (χ1v) is 10.1. The predicted molar refractivity (Wildman–Crippen MR) is 109 cm³/mol. The van der Waals surface area contributed by atoms with Gasteiger partial charge < -0.3 is 20.1 Å². The number of fused-ring (bicyclic) bond motifs is 1. The molecular weight excluding hydrogens is 384 g/mol. The highest BCUT2D eigenvalue weighted by Crippen LogP contribution is 2.57. The maximum Gasteiger partial charge on any atom is 0.310 e. The van der Waals surface area contributed by atoms with E-state index in [2.05, 4.69) is 10.6 Å². The average Bonchev–Trinajstić information content (AvgIpc) is 3.37. The van der Waals surface area contributed by atoms with Gasteiger partial charge >= 0.3 is 5.97 Å². The van der Waals surface area contributed by atoms with E-state index in [-0.39, 0.29) is 47.6 Å². The Hall–Kier alpha value is -3.35. The molecule has 7 nitrogen and oxygen atoms in total. The van der Waals surface area contributed by atoms with Crippen molar-refractivity contribution in [1.29, 1.82) is 0 Å². The summed E-state index contributed by atoms with van der Waals surface area (Å²) in [6.07, 6.45) is 1.69. The molecule has 2 aromatic rings. The minimum atomic E-state index is -0.322. The number of nitrogens with one attached hydrogen (secondary N) is 2. The molecule has 0 aromatic heterocycles. The molecule has 2 aliphatic carbocycles. The third kappa shape index (κ3) is 3.10. The molecule has 3 fully saturated rings. The van der Waals surface area contributed by atoms with Gasteiger partial charge in [-0.15, -0.1) is 0 Å². The number of hydrogen-bond acceptors (Lipinski definition) is 5. The third-order valence-electron chi connectivity index (χ3n) is 6.53. The number of esters is 1. The highest BCUT2D eigenvalue weighted by Gasteiger charge is 2.63. The summed E-state index contributed by atoms with van der Waals surface area (Å²) < 4.78 is 10.6. The van der Waals surface area contributed by atoms with Crippen LogP contribution >= 0.6 is 0 Å². The van der Waals surface area contributed by atoms with E-state index in [1.54, 1.807) is 55.6 Å². The van der Waals surface area contributed by atoms with Gasteiger partial charge in [0.2, 0.25) is 5.91 Å². The lowest BCUT2D eigenvalue weighted by molar-refractivity contribution is -0.145. The van der Waals surface area contributed by atoms with Crippen molar-refractivity contribution in [3.05, 3.63) is 54.1 Å². The Labute approximate surface area is 173 Å². The quantitative estimate of drug-likeness (QED) is 0.745. The number of rotatable bonds is 5. The van der Waals surface area contributed by atoms with Crippen LogP contribution in [0.25, 0.3) is 0 Å². The Balaban J connectivity index is 1.23. The largest absolute Gasteiger partial charge is 0.497 e. The summed E-state index contributed by atoms with van der Waals surface area (Å²) in [6, 6.07) is 13.8. The number of methoxy groups -OCH3 is 1. The molecule has 2 amide bonds. The van der Waals surface area contributed by atoms with Crippen LogP contribution in [-0.2, 0) is 14.3 Å². The first-order chi connectivity index (χ1) is 14.5. The van der Waals surface area contributed by atoms with E-state index in [1.165, 1.54) is 0 Å². The molecule has 0 radical (unpaired) electrons. The second kappa shape index (κ2) is 7.16. The first kappa shape index (κ1) is 18.7. The summed E-state index contributed by atoms with van der Waals surface area (Å²) >= 11 is 0. The number of amides is 2. The van der Waals surface area contributed by atoms with Crippen molar-refractivity contribution >= 4 is 29.2 Å². The second-order valence-electron chi connectivity index (χ2n) is 8.17. The standard InChI is InChI=1S/C23H22N2O5/c1-29-16-4-2-3-15(11-16)25-21(26)12-5-7-14(8-6-12)24-22(27)19-13-9-17-18(10-13)30-23(28)20(17)19/h2-8,11,13,17-20H,9-10H2,1H3,(H,24,27)(H,25,26)/t13-,17+,18-,19+,20+/m1/s1. The van der Waals surface area contributed by atoms with E-state index in [9.17, 15) is 14.4 Å². The van der Waals surface area contributed by atoms with Crippen LogP contribution in [0.4, 0.5) is 11.4 Å². The summed E-state index contributed by atoms with van der Waals surface area (Å²) in [5.74, 6) is -0.185. The number of ether oxygens (including phenoxy) is 2. The summed E-state index contributed by atoms with van der Waals surface area (Å²) in [5.41, 5.74) is 1.70. The van der Waals surface area contributed by atoms with Crippen molar-refractivity contribution in [1.82, 2.24) is 0 Å². The van der Waals surface area contributed by atoms with Crippen LogP contribution < -0.4 is 15.4 Å². The predicted octanol–water partition coefficient (Wildman–Crippen LogP) is 3.08. The van der Waals surface area contributed by atoms with Gasteiger partial charge in [0.1, 0.15) is 11.9 Å². The van der Waals surface area contributed by atoms with Gasteiger partial charge in [0.05, 0.1) is 18.9 Å². The number of anilines is 2. The molecule has 5 atom stereocenters. The molecule has 3 aliphatic rings. The fourth-order valence-corrected chi connectivity index (χ4v) is 5.20. The number of hydrogen-bond donors (Lipinski definition) is 2. The van der Waals surface area contributed by atoms with Gasteiger partial charge in [-0.2, -0.15) is 0 Å². The monoisotopic (exact) mass is 406 g/mol. The van der Waals surface area contributed by atoms with Crippen LogP contribution in [0.5, 0.6) is 5.75 Å². The molecule has 5 rings (SSSR count). The van der Waals surface area contributed by atoms with Crippen LogP contribution in [0.1, 0.15) is 23.2 Å². The maximum atomic E-state index is 12.8. The van der Waals surface area contributed by atoms with Crippen molar-refractivity contribution in [2.75, 3.05) is 17.7 Å². The second-order valence-corrected chi connectivity index (χ2v) is 8.17. The molecule has 0 spiro atoms. The van der Waals surface area contributed by atoms with Gasteiger partial charge in [-0.1, -0.05) is 6.07 Å². The van der Waals surface area contributed by atoms with Crippen LogP contribution in [-0.4, -0.2) is 31.0 Å². The van der Waals surface area contributed by atoms with Gasteiger partial charge in [0, 0.05) is 28.9 Å². The average molecular weight is 406 g/mol. The minimum Gasteiger partial charge on any atom is -0.497 e. The Morgan fingerprint density at radius 3 is 2.60 bits per heavy atom. The lowest BCUT2D eigenvalue weighted by Gasteiger charge is -2.23. The van der Waals surface area contributed by atoms with Gasteiger partial charge in [-0.05, 0) is 55.2 Å². The van der Waals surface area contributed by atoms with Gasteiger partial charge in [0.25, 0.3) is 5.91 Å². The molecule has 1 heterocycles. The smallest absolute Gasteiger partial charge is 0.310 e. The molecule has 30 heavy (non-hydrogen) atoms. The molecule has 154 valence electrons. The van der Waals surface area contributed by atoms with Crippen LogP contribution in [0, 0.1) is 23.7 Å². The van der Waals surface area contributed by atoms with Crippen molar-refractivity contribution in [3.8, 4) is 5.75 Å². The summed E-state index contributed by atoms with van der Waals surface area (Å²) in [6.45, 7) is 0. The van der Waals surface area contributed by atoms with Crippen molar-refractivity contribution in [2.45, 2.75) is 18.9 Å². The van der Waals surface area contributed by atoms with Gasteiger partial charge in [0.15, 0.2) is 0 Å². The Morgan fingerprint density at radius 1 is 1.03 bits per heavy atom. The molecule has 7 heteroatoms. The molecule has 1 aliphatic heterocycles. The van der Waals surface area contributed by atoms with Crippen molar-refractivity contribution < 1.29 is 23.9 Å². The van der Waals surface area contributed by atoms with E-state index in [4.69, 9.17) is 9.47 Å². The highest BCUT2D eigenvalue weighted by molar-refractivity contribution is 6.05. The van der Waals surface area contributed by atoms with Gasteiger partial charge in [-0.25, -0.2) is 0 Å².